The fraction of sp³-hybridized carbons (Fsp3) is 0.0196. The molecule has 2 aromatic heterocycles. The van der Waals surface area contributed by atoms with E-state index in [-0.39, 0.29) is 0 Å². The van der Waals surface area contributed by atoms with Crippen molar-refractivity contribution in [2.24, 2.45) is 0 Å². The van der Waals surface area contributed by atoms with Crippen LogP contribution in [-0.2, 0) is 5.41 Å². The first-order chi connectivity index (χ1) is 27.3. The number of nitrogens with zero attached hydrogens (tertiary/aromatic N) is 4. The highest BCUT2D eigenvalue weighted by atomic mass is 15.0. The van der Waals surface area contributed by atoms with Crippen molar-refractivity contribution >= 4 is 0 Å². The number of benzene rings is 7. The average Bonchev–Trinajstić information content (AvgIpc) is 3.58. The lowest BCUT2D eigenvalue weighted by Crippen LogP contribution is -2.28. The molecule has 0 saturated carbocycles. The summed E-state index contributed by atoms with van der Waals surface area (Å²) in [7, 11) is 0. The maximum atomic E-state index is 4.98. The van der Waals surface area contributed by atoms with Gasteiger partial charge in [0, 0.05) is 34.6 Å². The monoisotopic (exact) mass is 702 g/mol. The standard InChI is InChI=1S/C51H34N4/c1-5-16-36(17-6-1)48-53-49(37-18-7-2-8-19-37)55-50(54-48)38-29-27-35(28-30-38)42-31-32-45-47(46(42)39-20-15-33-52-34-39)43-25-13-14-26-44(43)51(45,40-21-9-3-10-22-40)41-23-11-4-12-24-41/h1-34H. The summed E-state index contributed by atoms with van der Waals surface area (Å²) in [5, 5.41) is 0. The van der Waals surface area contributed by atoms with E-state index in [9.17, 15) is 0 Å². The minimum atomic E-state index is -0.501. The Bertz CT molecular complexity index is 2670. The van der Waals surface area contributed by atoms with Crippen LogP contribution in [0.5, 0.6) is 0 Å². The van der Waals surface area contributed by atoms with Crippen molar-refractivity contribution in [3.63, 3.8) is 0 Å². The Morgan fingerprint density at radius 3 is 1.33 bits per heavy atom. The maximum absolute atomic E-state index is 4.98. The number of rotatable bonds is 7. The van der Waals surface area contributed by atoms with Crippen LogP contribution >= 0.6 is 0 Å². The lowest BCUT2D eigenvalue weighted by Gasteiger charge is -2.34. The Morgan fingerprint density at radius 2 is 0.782 bits per heavy atom. The van der Waals surface area contributed by atoms with Crippen LogP contribution in [0, 0.1) is 0 Å². The summed E-state index contributed by atoms with van der Waals surface area (Å²) in [5.74, 6) is 1.92. The number of pyridine rings is 1. The first-order valence-electron chi connectivity index (χ1n) is 18.6. The van der Waals surface area contributed by atoms with Crippen LogP contribution in [0.1, 0.15) is 22.3 Å². The molecule has 0 N–H and O–H groups in total. The highest BCUT2D eigenvalue weighted by Gasteiger charge is 2.47. The fourth-order valence-corrected chi connectivity index (χ4v) is 8.32. The van der Waals surface area contributed by atoms with Gasteiger partial charge in [-0.1, -0.05) is 188 Å². The molecular weight excluding hydrogens is 669 g/mol. The van der Waals surface area contributed by atoms with Gasteiger partial charge in [-0.05, 0) is 56.1 Å². The van der Waals surface area contributed by atoms with E-state index in [0.717, 1.165) is 38.9 Å². The Hall–Kier alpha value is -7.30. The summed E-state index contributed by atoms with van der Waals surface area (Å²) in [6, 6.07) is 68.4. The summed E-state index contributed by atoms with van der Waals surface area (Å²) in [4.78, 5) is 19.5. The summed E-state index contributed by atoms with van der Waals surface area (Å²) >= 11 is 0. The topological polar surface area (TPSA) is 51.6 Å². The van der Waals surface area contributed by atoms with E-state index < -0.39 is 5.41 Å². The Morgan fingerprint density at radius 1 is 0.309 bits per heavy atom. The molecule has 7 aromatic carbocycles. The quantitative estimate of drug-likeness (QED) is 0.166. The minimum absolute atomic E-state index is 0.501. The molecule has 0 saturated heterocycles. The summed E-state index contributed by atoms with van der Waals surface area (Å²) < 4.78 is 0. The molecule has 258 valence electrons. The van der Waals surface area contributed by atoms with Gasteiger partial charge in [0.2, 0.25) is 0 Å². The van der Waals surface area contributed by atoms with Gasteiger partial charge in [-0.15, -0.1) is 0 Å². The van der Waals surface area contributed by atoms with E-state index in [2.05, 4.69) is 132 Å². The van der Waals surface area contributed by atoms with Gasteiger partial charge in [-0.3, -0.25) is 4.98 Å². The molecule has 1 aliphatic rings. The third kappa shape index (κ3) is 5.46. The summed E-state index contributed by atoms with van der Waals surface area (Å²) in [6.45, 7) is 0. The summed E-state index contributed by atoms with van der Waals surface area (Å²) in [5.41, 5.74) is 14.3. The zero-order chi connectivity index (χ0) is 36.6. The number of fused-ring (bicyclic) bond motifs is 3. The van der Waals surface area contributed by atoms with Gasteiger partial charge in [0.05, 0.1) is 5.41 Å². The predicted molar refractivity (Wildman–Crippen MR) is 222 cm³/mol. The lowest BCUT2D eigenvalue weighted by atomic mass is 9.67. The number of hydrogen-bond acceptors (Lipinski definition) is 4. The van der Waals surface area contributed by atoms with Crippen molar-refractivity contribution in [3.8, 4) is 67.5 Å². The van der Waals surface area contributed by atoms with Gasteiger partial charge in [0.25, 0.3) is 0 Å². The largest absolute Gasteiger partial charge is 0.264 e. The van der Waals surface area contributed by atoms with E-state index >= 15 is 0 Å². The first-order valence-corrected chi connectivity index (χ1v) is 18.6. The van der Waals surface area contributed by atoms with Crippen molar-refractivity contribution in [2.45, 2.75) is 5.41 Å². The van der Waals surface area contributed by atoms with Crippen LogP contribution in [0.15, 0.2) is 207 Å². The second-order valence-corrected chi connectivity index (χ2v) is 13.8. The van der Waals surface area contributed by atoms with E-state index in [1.54, 1.807) is 0 Å². The van der Waals surface area contributed by atoms with Gasteiger partial charge in [-0.2, -0.15) is 0 Å². The van der Waals surface area contributed by atoms with Crippen LogP contribution < -0.4 is 0 Å². The molecule has 0 radical (unpaired) electrons. The van der Waals surface area contributed by atoms with Gasteiger partial charge in [-0.25, -0.2) is 15.0 Å². The fourth-order valence-electron chi connectivity index (χ4n) is 8.32. The molecule has 0 spiro atoms. The predicted octanol–water partition coefficient (Wildman–Crippen LogP) is 12.0. The second-order valence-electron chi connectivity index (χ2n) is 13.8. The van der Waals surface area contributed by atoms with Crippen LogP contribution in [0.2, 0.25) is 0 Å². The van der Waals surface area contributed by atoms with Crippen molar-refractivity contribution in [2.75, 3.05) is 0 Å². The average molecular weight is 703 g/mol. The molecule has 10 rings (SSSR count). The van der Waals surface area contributed by atoms with Crippen molar-refractivity contribution < 1.29 is 0 Å². The van der Waals surface area contributed by atoms with Gasteiger partial charge < -0.3 is 0 Å². The molecule has 2 heterocycles. The van der Waals surface area contributed by atoms with Gasteiger partial charge in [0.15, 0.2) is 17.5 Å². The van der Waals surface area contributed by atoms with Crippen molar-refractivity contribution in [1.29, 1.82) is 0 Å². The molecule has 0 fully saturated rings. The van der Waals surface area contributed by atoms with Crippen LogP contribution in [0.3, 0.4) is 0 Å². The Labute approximate surface area is 320 Å². The maximum Gasteiger partial charge on any atom is 0.164 e. The Kier molecular flexibility index (Phi) is 8.00. The van der Waals surface area contributed by atoms with Crippen LogP contribution in [0.25, 0.3) is 67.5 Å². The molecule has 0 unspecified atom stereocenters. The Balaban J connectivity index is 1.17. The molecule has 0 amide bonds. The molecule has 0 aliphatic heterocycles. The first kappa shape index (κ1) is 32.4. The second kappa shape index (κ2) is 13.6. The van der Waals surface area contributed by atoms with Gasteiger partial charge >= 0.3 is 0 Å². The van der Waals surface area contributed by atoms with E-state index in [1.165, 1.54) is 33.4 Å². The van der Waals surface area contributed by atoms with Crippen LogP contribution in [0.4, 0.5) is 0 Å². The molecule has 55 heavy (non-hydrogen) atoms. The van der Waals surface area contributed by atoms with Crippen molar-refractivity contribution in [1.82, 2.24) is 19.9 Å². The molecule has 9 aromatic rings. The third-order valence-corrected chi connectivity index (χ3v) is 10.7. The molecule has 4 nitrogen and oxygen atoms in total. The lowest BCUT2D eigenvalue weighted by molar-refractivity contribution is 0.768. The molecule has 4 heteroatoms. The SMILES string of the molecule is c1ccc(-c2nc(-c3ccccc3)nc(-c3ccc(-c4ccc5c(c4-c4cccnc4)-c4ccccc4C5(c4ccccc4)c4ccccc4)cc3)n2)cc1. The highest BCUT2D eigenvalue weighted by molar-refractivity contribution is 6.01. The van der Waals surface area contributed by atoms with E-state index in [1.807, 2.05) is 79.1 Å². The van der Waals surface area contributed by atoms with E-state index in [4.69, 9.17) is 15.0 Å². The smallest absolute Gasteiger partial charge is 0.164 e. The molecule has 1 aliphatic carbocycles. The third-order valence-electron chi connectivity index (χ3n) is 10.7. The van der Waals surface area contributed by atoms with Crippen molar-refractivity contribution in [3.05, 3.63) is 229 Å². The summed E-state index contributed by atoms with van der Waals surface area (Å²) in [6.07, 6.45) is 3.83. The van der Waals surface area contributed by atoms with E-state index in [0.29, 0.717) is 17.5 Å². The van der Waals surface area contributed by atoms with Crippen LogP contribution in [-0.4, -0.2) is 19.9 Å². The number of aromatic nitrogens is 4. The highest BCUT2D eigenvalue weighted by Crippen LogP contribution is 2.59. The molecule has 0 atom stereocenters. The molecular formula is C51H34N4. The zero-order valence-corrected chi connectivity index (χ0v) is 29.9. The van der Waals surface area contributed by atoms with Gasteiger partial charge in [0.1, 0.15) is 0 Å². The normalized spacial score (nSPS) is 12.5. The minimum Gasteiger partial charge on any atom is -0.264 e. The molecule has 0 bridgehead atoms. The number of hydrogen-bond donors (Lipinski definition) is 0. The zero-order valence-electron chi connectivity index (χ0n) is 29.9.